The lowest BCUT2D eigenvalue weighted by Crippen LogP contribution is -2.11. The van der Waals surface area contributed by atoms with Crippen LogP contribution in [0, 0.1) is 18.3 Å². The van der Waals surface area contributed by atoms with E-state index in [1.165, 1.54) is 0 Å². The molecule has 0 unspecified atom stereocenters. The summed E-state index contributed by atoms with van der Waals surface area (Å²) in [5.41, 5.74) is 4.67. The predicted molar refractivity (Wildman–Crippen MR) is 76.7 cm³/mol. The molecular weight excluding hydrogens is 308 g/mol. The fraction of sp³-hybridized carbons (Fsp3) is 0.0833. The largest absolute Gasteiger partial charge is 0.339 e. The lowest BCUT2D eigenvalue weighted by molar-refractivity contribution is 1.09. The van der Waals surface area contributed by atoms with Crippen molar-refractivity contribution in [1.82, 2.24) is 9.97 Å². The number of rotatable bonds is 3. The molecule has 0 atom stereocenters. The molecule has 0 aliphatic heterocycles. The maximum absolute atomic E-state index is 8.82. The van der Waals surface area contributed by atoms with Crippen LogP contribution in [0.3, 0.4) is 0 Å². The molecule has 0 fully saturated rings. The fourth-order valence-electron chi connectivity index (χ4n) is 1.45. The molecule has 7 heteroatoms. The Morgan fingerprint density at radius 2 is 2.21 bits per heavy atom. The van der Waals surface area contributed by atoms with E-state index < -0.39 is 0 Å². The van der Waals surface area contributed by atoms with Crippen molar-refractivity contribution in [2.75, 3.05) is 10.7 Å². The number of hydrogen-bond donors (Lipinski definition) is 3. The molecule has 2 aromatic rings. The highest BCUT2D eigenvalue weighted by Gasteiger charge is 2.06. The average molecular weight is 319 g/mol. The fourth-order valence-corrected chi connectivity index (χ4v) is 1.93. The van der Waals surface area contributed by atoms with Crippen molar-refractivity contribution in [3.63, 3.8) is 0 Å². The first-order valence-electron chi connectivity index (χ1n) is 5.41. The van der Waals surface area contributed by atoms with Crippen LogP contribution in [0.15, 0.2) is 28.9 Å². The van der Waals surface area contributed by atoms with Crippen LogP contribution in [0.1, 0.15) is 11.1 Å². The monoisotopic (exact) mass is 318 g/mol. The molecule has 0 spiro atoms. The molecular formula is C12H11BrN6. The van der Waals surface area contributed by atoms with E-state index in [1.807, 2.05) is 6.92 Å². The van der Waals surface area contributed by atoms with E-state index >= 15 is 0 Å². The van der Waals surface area contributed by atoms with Gasteiger partial charge in [-0.05, 0) is 41.1 Å². The Labute approximate surface area is 118 Å². The van der Waals surface area contributed by atoms with Crippen LogP contribution in [0.2, 0.25) is 0 Å². The molecule has 1 aromatic heterocycles. The summed E-state index contributed by atoms with van der Waals surface area (Å²) in [4.78, 5) is 8.23. The number of nitriles is 1. The second kappa shape index (κ2) is 5.65. The summed E-state index contributed by atoms with van der Waals surface area (Å²) in [6.45, 7) is 1.89. The molecule has 0 saturated heterocycles. The van der Waals surface area contributed by atoms with Gasteiger partial charge in [0, 0.05) is 16.2 Å². The molecule has 1 heterocycles. The normalized spacial score (nSPS) is 9.79. The maximum Gasteiger partial charge on any atom is 0.239 e. The van der Waals surface area contributed by atoms with E-state index in [0.717, 1.165) is 15.7 Å². The first kappa shape index (κ1) is 13.3. The Morgan fingerprint density at radius 1 is 1.42 bits per heavy atom. The lowest BCUT2D eigenvalue weighted by Gasteiger charge is -2.11. The number of aromatic nitrogens is 2. The molecule has 0 bridgehead atoms. The molecule has 1 aromatic carbocycles. The van der Waals surface area contributed by atoms with Crippen molar-refractivity contribution in [2.24, 2.45) is 5.84 Å². The minimum absolute atomic E-state index is 0.331. The molecule has 0 radical (unpaired) electrons. The number of halogens is 1. The number of nitrogen functional groups attached to an aromatic ring is 1. The predicted octanol–water partition coefficient (Wildman–Crippen LogP) is 2.45. The number of nitrogens with one attached hydrogen (secondary N) is 2. The van der Waals surface area contributed by atoms with E-state index in [2.05, 4.69) is 42.7 Å². The van der Waals surface area contributed by atoms with Crippen molar-refractivity contribution in [2.45, 2.75) is 6.92 Å². The van der Waals surface area contributed by atoms with E-state index in [1.54, 1.807) is 24.4 Å². The van der Waals surface area contributed by atoms with Gasteiger partial charge in [0.2, 0.25) is 5.95 Å². The zero-order valence-corrected chi connectivity index (χ0v) is 11.7. The summed E-state index contributed by atoms with van der Waals surface area (Å²) in [7, 11) is 0. The maximum atomic E-state index is 8.82. The third kappa shape index (κ3) is 2.99. The molecule has 2 rings (SSSR count). The minimum Gasteiger partial charge on any atom is -0.339 e. The standard InChI is InChI=1S/C12H11BrN6/c1-7-6-16-12(19-15)18-11(7)17-10-3-2-8(5-14)4-9(10)13/h2-4,6H,15H2,1H3,(H2,16,17,18,19). The zero-order chi connectivity index (χ0) is 13.8. The summed E-state index contributed by atoms with van der Waals surface area (Å²) in [5, 5.41) is 12.0. The molecule has 0 saturated carbocycles. The van der Waals surface area contributed by atoms with Crippen molar-refractivity contribution in [3.8, 4) is 6.07 Å². The van der Waals surface area contributed by atoms with Crippen LogP contribution < -0.4 is 16.6 Å². The number of nitrogens with two attached hydrogens (primary N) is 1. The van der Waals surface area contributed by atoms with Crippen LogP contribution in [0.5, 0.6) is 0 Å². The average Bonchev–Trinajstić information content (AvgIpc) is 2.43. The second-order valence-electron chi connectivity index (χ2n) is 3.80. The summed E-state index contributed by atoms with van der Waals surface area (Å²) < 4.78 is 0.784. The molecule has 0 aliphatic rings. The topological polar surface area (TPSA) is 99.7 Å². The first-order valence-corrected chi connectivity index (χ1v) is 6.20. The summed E-state index contributed by atoms with van der Waals surface area (Å²) in [5.74, 6) is 6.26. The highest BCUT2D eigenvalue weighted by molar-refractivity contribution is 9.10. The number of aryl methyl sites for hydroxylation is 1. The Hall–Kier alpha value is -2.17. The van der Waals surface area contributed by atoms with E-state index in [9.17, 15) is 0 Å². The molecule has 6 nitrogen and oxygen atoms in total. The lowest BCUT2D eigenvalue weighted by atomic mass is 10.2. The molecule has 96 valence electrons. The third-order valence-electron chi connectivity index (χ3n) is 2.45. The highest BCUT2D eigenvalue weighted by Crippen LogP contribution is 2.27. The Balaban J connectivity index is 2.33. The third-order valence-corrected chi connectivity index (χ3v) is 3.11. The van der Waals surface area contributed by atoms with Crippen LogP contribution in [-0.2, 0) is 0 Å². The van der Waals surface area contributed by atoms with Gasteiger partial charge in [-0.15, -0.1) is 0 Å². The Morgan fingerprint density at radius 3 is 2.84 bits per heavy atom. The minimum atomic E-state index is 0.331. The van der Waals surface area contributed by atoms with E-state index in [-0.39, 0.29) is 0 Å². The van der Waals surface area contributed by atoms with Gasteiger partial charge < -0.3 is 5.32 Å². The van der Waals surface area contributed by atoms with Gasteiger partial charge in [0.15, 0.2) is 0 Å². The number of nitrogens with zero attached hydrogens (tertiary/aromatic N) is 3. The van der Waals surface area contributed by atoms with E-state index in [0.29, 0.717) is 17.3 Å². The Bertz CT molecular complexity index is 649. The summed E-state index contributed by atoms with van der Waals surface area (Å²) in [6, 6.07) is 7.35. The van der Waals surface area contributed by atoms with Crippen molar-refractivity contribution in [1.29, 1.82) is 5.26 Å². The summed E-state index contributed by atoms with van der Waals surface area (Å²) >= 11 is 3.41. The smallest absolute Gasteiger partial charge is 0.239 e. The SMILES string of the molecule is Cc1cnc(NN)nc1Nc1ccc(C#N)cc1Br. The molecule has 0 amide bonds. The van der Waals surface area contributed by atoms with Crippen LogP contribution >= 0.6 is 15.9 Å². The molecule has 19 heavy (non-hydrogen) atoms. The zero-order valence-electron chi connectivity index (χ0n) is 10.1. The van der Waals surface area contributed by atoms with Crippen molar-refractivity contribution in [3.05, 3.63) is 40.0 Å². The van der Waals surface area contributed by atoms with Gasteiger partial charge in [-0.1, -0.05) is 0 Å². The van der Waals surface area contributed by atoms with Gasteiger partial charge in [-0.2, -0.15) is 10.2 Å². The van der Waals surface area contributed by atoms with Gasteiger partial charge in [-0.25, -0.2) is 10.8 Å². The number of anilines is 3. The molecule has 4 N–H and O–H groups in total. The van der Waals surface area contributed by atoms with Crippen LogP contribution in [-0.4, -0.2) is 9.97 Å². The number of hydrogen-bond acceptors (Lipinski definition) is 6. The number of benzene rings is 1. The van der Waals surface area contributed by atoms with Crippen molar-refractivity contribution < 1.29 is 0 Å². The molecule has 0 aliphatic carbocycles. The van der Waals surface area contributed by atoms with Crippen LogP contribution in [0.25, 0.3) is 0 Å². The van der Waals surface area contributed by atoms with E-state index in [4.69, 9.17) is 11.1 Å². The van der Waals surface area contributed by atoms with Gasteiger partial charge in [0.25, 0.3) is 0 Å². The quantitative estimate of drug-likeness (QED) is 0.593. The summed E-state index contributed by atoms with van der Waals surface area (Å²) in [6.07, 6.45) is 1.67. The van der Waals surface area contributed by atoms with Gasteiger partial charge in [0.1, 0.15) is 5.82 Å². The van der Waals surface area contributed by atoms with Gasteiger partial charge in [-0.3, -0.25) is 5.43 Å². The number of hydrazine groups is 1. The van der Waals surface area contributed by atoms with Gasteiger partial charge >= 0.3 is 0 Å². The first-order chi connectivity index (χ1) is 9.13. The van der Waals surface area contributed by atoms with Crippen molar-refractivity contribution >= 4 is 33.4 Å². The van der Waals surface area contributed by atoms with Gasteiger partial charge in [0.05, 0.1) is 17.3 Å². The highest BCUT2D eigenvalue weighted by atomic mass is 79.9. The Kier molecular flexibility index (Phi) is 3.94. The second-order valence-corrected chi connectivity index (χ2v) is 4.66. The van der Waals surface area contributed by atoms with Crippen LogP contribution in [0.4, 0.5) is 17.5 Å².